The highest BCUT2D eigenvalue weighted by atomic mass is 32.2. The van der Waals surface area contributed by atoms with Gasteiger partial charge < -0.3 is 10.6 Å². The van der Waals surface area contributed by atoms with Gasteiger partial charge in [0.25, 0.3) is 5.91 Å². The van der Waals surface area contributed by atoms with E-state index in [1.807, 2.05) is 54.6 Å². The molecule has 0 saturated heterocycles. The molecule has 1 aliphatic rings. The van der Waals surface area contributed by atoms with E-state index in [1.54, 1.807) is 18.3 Å². The molecule has 1 fully saturated rings. The summed E-state index contributed by atoms with van der Waals surface area (Å²) >= 11 is 1.46. The Hall–Kier alpha value is -3.12. The zero-order chi connectivity index (χ0) is 20.1. The molecule has 1 saturated carbocycles. The number of hydrogen-bond donors (Lipinski definition) is 2. The van der Waals surface area contributed by atoms with Crippen LogP contribution in [0.4, 0.5) is 5.69 Å². The predicted molar refractivity (Wildman–Crippen MR) is 114 cm³/mol. The molecule has 2 aromatic carbocycles. The van der Waals surface area contributed by atoms with Gasteiger partial charge in [-0.3, -0.25) is 9.59 Å². The Bertz CT molecular complexity index is 1020. The van der Waals surface area contributed by atoms with Crippen molar-refractivity contribution in [3.8, 4) is 0 Å². The minimum absolute atomic E-state index is 0.0733. The van der Waals surface area contributed by atoms with E-state index in [1.165, 1.54) is 11.8 Å². The first-order valence-corrected chi connectivity index (χ1v) is 10.4. The fraction of sp³-hybridized carbons (Fsp3) is 0.174. The predicted octanol–water partition coefficient (Wildman–Crippen LogP) is 4.51. The maximum absolute atomic E-state index is 12.8. The Balaban J connectivity index is 1.40. The first-order valence-electron chi connectivity index (χ1n) is 9.55. The van der Waals surface area contributed by atoms with E-state index < -0.39 is 0 Å². The Morgan fingerprint density at radius 1 is 1.00 bits per heavy atom. The van der Waals surface area contributed by atoms with Crippen LogP contribution in [0.2, 0.25) is 0 Å². The average Bonchev–Trinajstić information content (AvgIpc) is 3.59. The highest BCUT2D eigenvalue weighted by Gasteiger charge is 2.29. The van der Waals surface area contributed by atoms with Crippen LogP contribution in [0.3, 0.4) is 0 Å². The molecule has 1 aliphatic carbocycles. The fourth-order valence-electron chi connectivity index (χ4n) is 2.87. The second-order valence-electron chi connectivity index (χ2n) is 6.92. The summed E-state index contributed by atoms with van der Waals surface area (Å²) in [5.41, 5.74) is 2.22. The number of nitrogens with zero attached hydrogens (tertiary/aromatic N) is 1. The van der Waals surface area contributed by atoms with Gasteiger partial charge in [0.1, 0.15) is 5.03 Å². The van der Waals surface area contributed by atoms with E-state index in [0.29, 0.717) is 17.1 Å². The Morgan fingerprint density at radius 3 is 2.62 bits per heavy atom. The van der Waals surface area contributed by atoms with E-state index in [-0.39, 0.29) is 17.7 Å². The smallest absolute Gasteiger partial charge is 0.254 e. The Morgan fingerprint density at radius 2 is 1.83 bits per heavy atom. The number of carbonyl (C=O) groups excluding carboxylic acids is 2. The lowest BCUT2D eigenvalue weighted by atomic mass is 10.2. The molecule has 0 radical (unpaired) electrons. The van der Waals surface area contributed by atoms with Gasteiger partial charge in [-0.05, 0) is 54.8 Å². The standard InChI is InChI=1S/C23H21N3O2S/c27-21(17-11-12-17)26-18-7-4-6-16(14-18)15-25-22(28)20-10-5-13-24-23(20)29-19-8-2-1-3-9-19/h1-10,13-14,17H,11-12,15H2,(H,25,28)(H,26,27). The number of anilines is 1. The zero-order valence-electron chi connectivity index (χ0n) is 15.8. The quantitative estimate of drug-likeness (QED) is 0.609. The number of carbonyl (C=O) groups is 2. The van der Waals surface area contributed by atoms with Crippen LogP contribution in [0.5, 0.6) is 0 Å². The number of benzene rings is 2. The summed E-state index contributed by atoms with van der Waals surface area (Å²) in [6.07, 6.45) is 3.63. The highest BCUT2D eigenvalue weighted by Crippen LogP contribution is 2.30. The molecule has 146 valence electrons. The van der Waals surface area contributed by atoms with Gasteiger partial charge in [0.15, 0.2) is 0 Å². The van der Waals surface area contributed by atoms with E-state index in [0.717, 1.165) is 29.0 Å². The first-order chi connectivity index (χ1) is 14.2. The van der Waals surface area contributed by atoms with Gasteiger partial charge in [0.05, 0.1) is 5.56 Å². The van der Waals surface area contributed by atoms with Crippen LogP contribution < -0.4 is 10.6 Å². The minimum Gasteiger partial charge on any atom is -0.348 e. The first kappa shape index (κ1) is 19.2. The Labute approximate surface area is 173 Å². The molecule has 6 heteroatoms. The van der Waals surface area contributed by atoms with Crippen LogP contribution in [0.15, 0.2) is 82.8 Å². The van der Waals surface area contributed by atoms with Crippen LogP contribution >= 0.6 is 11.8 Å². The second kappa shape index (κ2) is 8.92. The molecule has 2 amide bonds. The van der Waals surface area contributed by atoms with Gasteiger partial charge in [-0.2, -0.15) is 0 Å². The monoisotopic (exact) mass is 403 g/mol. The molecular weight excluding hydrogens is 382 g/mol. The molecule has 2 N–H and O–H groups in total. The average molecular weight is 404 g/mol. The molecule has 0 bridgehead atoms. The lowest BCUT2D eigenvalue weighted by Gasteiger charge is -2.10. The van der Waals surface area contributed by atoms with Crippen LogP contribution in [0.25, 0.3) is 0 Å². The van der Waals surface area contributed by atoms with Gasteiger partial charge in [0.2, 0.25) is 5.91 Å². The summed E-state index contributed by atoms with van der Waals surface area (Å²) in [6, 6.07) is 20.9. The Kier molecular flexibility index (Phi) is 5.91. The molecule has 0 unspecified atom stereocenters. The summed E-state index contributed by atoms with van der Waals surface area (Å²) in [7, 11) is 0. The summed E-state index contributed by atoms with van der Waals surface area (Å²) in [5, 5.41) is 6.56. The van der Waals surface area contributed by atoms with E-state index in [4.69, 9.17) is 0 Å². The van der Waals surface area contributed by atoms with Gasteiger partial charge in [-0.25, -0.2) is 4.98 Å². The molecule has 3 aromatic rings. The van der Waals surface area contributed by atoms with Gasteiger partial charge in [-0.1, -0.05) is 42.1 Å². The molecule has 0 spiro atoms. The topological polar surface area (TPSA) is 71.1 Å². The molecule has 1 heterocycles. The van der Waals surface area contributed by atoms with Crippen molar-refractivity contribution in [2.45, 2.75) is 29.3 Å². The zero-order valence-corrected chi connectivity index (χ0v) is 16.6. The van der Waals surface area contributed by atoms with Crippen molar-refractivity contribution >= 4 is 29.3 Å². The lowest BCUT2D eigenvalue weighted by Crippen LogP contribution is -2.23. The van der Waals surface area contributed by atoms with Crippen molar-refractivity contribution in [1.29, 1.82) is 0 Å². The summed E-state index contributed by atoms with van der Waals surface area (Å²) < 4.78 is 0. The van der Waals surface area contributed by atoms with Crippen molar-refractivity contribution in [3.63, 3.8) is 0 Å². The van der Waals surface area contributed by atoms with Crippen LogP contribution in [0, 0.1) is 5.92 Å². The van der Waals surface area contributed by atoms with Crippen molar-refractivity contribution < 1.29 is 9.59 Å². The third-order valence-corrected chi connectivity index (χ3v) is 5.60. The number of pyridine rings is 1. The van der Waals surface area contributed by atoms with E-state index >= 15 is 0 Å². The highest BCUT2D eigenvalue weighted by molar-refractivity contribution is 7.99. The van der Waals surface area contributed by atoms with Crippen molar-refractivity contribution in [3.05, 3.63) is 84.1 Å². The third-order valence-electron chi connectivity index (χ3n) is 4.57. The number of hydrogen-bond acceptors (Lipinski definition) is 4. The maximum Gasteiger partial charge on any atom is 0.254 e. The minimum atomic E-state index is -0.177. The normalized spacial score (nSPS) is 13.0. The molecule has 0 atom stereocenters. The van der Waals surface area contributed by atoms with Gasteiger partial charge in [-0.15, -0.1) is 0 Å². The fourth-order valence-corrected chi connectivity index (χ4v) is 3.77. The molecule has 4 rings (SSSR count). The number of nitrogens with one attached hydrogen (secondary N) is 2. The van der Waals surface area contributed by atoms with Crippen LogP contribution in [-0.2, 0) is 11.3 Å². The van der Waals surface area contributed by atoms with Crippen LogP contribution in [-0.4, -0.2) is 16.8 Å². The van der Waals surface area contributed by atoms with Crippen LogP contribution in [0.1, 0.15) is 28.8 Å². The summed E-state index contributed by atoms with van der Waals surface area (Å²) in [6.45, 7) is 0.371. The second-order valence-corrected chi connectivity index (χ2v) is 7.98. The number of aromatic nitrogens is 1. The summed E-state index contributed by atoms with van der Waals surface area (Å²) in [4.78, 5) is 30.1. The number of rotatable bonds is 7. The maximum atomic E-state index is 12.8. The van der Waals surface area contributed by atoms with Gasteiger partial charge >= 0.3 is 0 Å². The molecule has 0 aliphatic heterocycles. The van der Waals surface area contributed by atoms with Gasteiger partial charge in [0, 0.05) is 29.2 Å². The number of amides is 2. The lowest BCUT2D eigenvalue weighted by molar-refractivity contribution is -0.117. The molecule has 1 aromatic heterocycles. The van der Waals surface area contributed by atoms with Crippen molar-refractivity contribution in [1.82, 2.24) is 10.3 Å². The van der Waals surface area contributed by atoms with E-state index in [9.17, 15) is 9.59 Å². The van der Waals surface area contributed by atoms with Crippen molar-refractivity contribution in [2.24, 2.45) is 5.92 Å². The summed E-state index contributed by atoms with van der Waals surface area (Å²) in [5.74, 6) is 0.0533. The third kappa shape index (κ3) is 5.23. The van der Waals surface area contributed by atoms with E-state index in [2.05, 4.69) is 15.6 Å². The molecule has 29 heavy (non-hydrogen) atoms. The SMILES string of the molecule is O=C(NCc1cccc(NC(=O)C2CC2)c1)c1cccnc1Sc1ccccc1. The van der Waals surface area contributed by atoms with Crippen molar-refractivity contribution in [2.75, 3.05) is 5.32 Å². The molecular formula is C23H21N3O2S. The largest absolute Gasteiger partial charge is 0.348 e. The molecule has 5 nitrogen and oxygen atoms in total.